The molecule has 25 heavy (non-hydrogen) atoms. The van der Waals surface area contributed by atoms with Gasteiger partial charge in [-0.2, -0.15) is 4.31 Å². The van der Waals surface area contributed by atoms with Crippen LogP contribution in [0.15, 0.2) is 15.7 Å². The second-order valence-corrected chi connectivity index (χ2v) is 9.28. The minimum Gasteiger partial charge on any atom is -0.478 e. The minimum absolute atomic E-state index is 0.0115. The summed E-state index contributed by atoms with van der Waals surface area (Å²) < 4.78 is 31.8. The predicted molar refractivity (Wildman–Crippen MR) is 90.2 cm³/mol. The Morgan fingerprint density at radius 2 is 1.92 bits per heavy atom. The van der Waals surface area contributed by atoms with Crippen LogP contribution >= 0.6 is 11.3 Å². The Labute approximate surface area is 150 Å². The molecule has 1 aromatic rings. The number of sulfonamides is 1. The van der Waals surface area contributed by atoms with E-state index in [-0.39, 0.29) is 35.4 Å². The molecule has 2 aliphatic rings. The molecule has 0 radical (unpaired) electrons. The molecule has 0 aromatic carbocycles. The number of thiophene rings is 1. The van der Waals surface area contributed by atoms with E-state index in [1.54, 1.807) is 4.90 Å². The van der Waals surface area contributed by atoms with Crippen molar-refractivity contribution in [2.75, 3.05) is 39.4 Å². The summed E-state index contributed by atoms with van der Waals surface area (Å²) in [6.45, 7) is 1.65. The second kappa shape index (κ2) is 7.40. The van der Waals surface area contributed by atoms with Crippen LogP contribution in [0.2, 0.25) is 0 Å². The van der Waals surface area contributed by atoms with E-state index in [1.807, 2.05) is 0 Å². The van der Waals surface area contributed by atoms with Crippen molar-refractivity contribution in [2.45, 2.75) is 17.1 Å². The third-order valence-corrected chi connectivity index (χ3v) is 7.60. The van der Waals surface area contributed by atoms with Crippen LogP contribution in [0.1, 0.15) is 23.2 Å². The van der Waals surface area contributed by atoms with Crippen LogP contribution in [0.4, 0.5) is 0 Å². The fourth-order valence-corrected chi connectivity index (χ4v) is 5.29. The highest BCUT2D eigenvalue weighted by Crippen LogP contribution is 2.28. The zero-order valence-electron chi connectivity index (χ0n) is 13.6. The number of carbonyl (C=O) groups excluding carboxylic acids is 1. The normalized spacial score (nSPS) is 19.1. The monoisotopic (exact) mass is 388 g/mol. The van der Waals surface area contributed by atoms with Gasteiger partial charge >= 0.3 is 5.97 Å². The first-order valence-electron chi connectivity index (χ1n) is 8.05. The summed E-state index contributed by atoms with van der Waals surface area (Å²) in [5, 5.41) is 10.2. The molecule has 2 fully saturated rings. The van der Waals surface area contributed by atoms with E-state index in [9.17, 15) is 18.0 Å². The van der Waals surface area contributed by atoms with Crippen molar-refractivity contribution in [1.29, 1.82) is 0 Å². The fraction of sp³-hybridized carbons (Fsp3) is 0.600. The number of carboxylic acid groups (broad SMARTS) is 1. The molecule has 0 atom stereocenters. The van der Waals surface area contributed by atoms with Crippen LogP contribution in [0.25, 0.3) is 0 Å². The molecule has 1 aliphatic heterocycles. The number of rotatable bonds is 7. The van der Waals surface area contributed by atoms with Gasteiger partial charge in [0.15, 0.2) is 0 Å². The maximum absolute atomic E-state index is 12.6. The number of nitrogens with zero attached hydrogens (tertiary/aromatic N) is 2. The largest absolute Gasteiger partial charge is 0.478 e. The van der Waals surface area contributed by atoms with Crippen molar-refractivity contribution in [2.24, 2.45) is 5.92 Å². The van der Waals surface area contributed by atoms with Gasteiger partial charge < -0.3 is 14.7 Å². The molecule has 1 aliphatic carbocycles. The van der Waals surface area contributed by atoms with Crippen LogP contribution < -0.4 is 0 Å². The Kier molecular flexibility index (Phi) is 5.42. The summed E-state index contributed by atoms with van der Waals surface area (Å²) in [6.07, 6.45) is 2.33. The van der Waals surface area contributed by atoms with E-state index in [4.69, 9.17) is 9.84 Å². The molecule has 0 unspecified atom stereocenters. The van der Waals surface area contributed by atoms with Gasteiger partial charge in [-0.15, -0.1) is 11.3 Å². The zero-order valence-corrected chi connectivity index (χ0v) is 15.2. The number of hydrogen-bond donors (Lipinski definition) is 1. The van der Waals surface area contributed by atoms with Crippen molar-refractivity contribution in [1.82, 2.24) is 9.21 Å². The van der Waals surface area contributed by atoms with Crippen LogP contribution in [0.5, 0.6) is 0 Å². The Morgan fingerprint density at radius 3 is 2.48 bits per heavy atom. The summed E-state index contributed by atoms with van der Waals surface area (Å²) in [5.74, 6) is -0.683. The molecule has 1 aromatic heterocycles. The minimum atomic E-state index is -3.72. The SMILES string of the molecule is O=C(O)c1csc(S(=O)(=O)N2CCN(C(=O)COCC3CC3)CC2)c1. The van der Waals surface area contributed by atoms with Crippen LogP contribution in [-0.2, 0) is 19.6 Å². The molecule has 1 amide bonds. The Morgan fingerprint density at radius 1 is 1.24 bits per heavy atom. The number of ether oxygens (including phenoxy) is 1. The molecule has 1 saturated heterocycles. The highest BCUT2D eigenvalue weighted by atomic mass is 32.2. The molecular weight excluding hydrogens is 368 g/mol. The topological polar surface area (TPSA) is 104 Å². The van der Waals surface area contributed by atoms with Crippen LogP contribution in [-0.4, -0.2) is 74.0 Å². The smallest absolute Gasteiger partial charge is 0.336 e. The van der Waals surface area contributed by atoms with Crippen LogP contribution in [0.3, 0.4) is 0 Å². The van der Waals surface area contributed by atoms with E-state index >= 15 is 0 Å². The number of hydrogen-bond acceptors (Lipinski definition) is 6. The first-order valence-corrected chi connectivity index (χ1v) is 10.4. The lowest BCUT2D eigenvalue weighted by Crippen LogP contribution is -2.51. The molecule has 3 rings (SSSR count). The van der Waals surface area contributed by atoms with Crippen LogP contribution in [0, 0.1) is 5.92 Å². The molecule has 10 heteroatoms. The average molecular weight is 388 g/mol. The summed E-state index contributed by atoms with van der Waals surface area (Å²) in [7, 11) is -3.72. The Bertz CT molecular complexity index is 748. The standard InChI is InChI=1S/C15H20N2O6S2/c18-13(9-23-8-11-1-2-11)16-3-5-17(6-4-16)25(21,22)14-7-12(10-24-14)15(19)20/h7,10-11H,1-6,8-9H2,(H,19,20). The summed E-state index contributed by atoms with van der Waals surface area (Å²) in [6, 6.07) is 1.17. The Balaban J connectivity index is 1.53. The van der Waals surface area contributed by atoms with E-state index < -0.39 is 16.0 Å². The number of carbonyl (C=O) groups is 2. The highest BCUT2D eigenvalue weighted by molar-refractivity contribution is 7.91. The first-order chi connectivity index (χ1) is 11.9. The lowest BCUT2D eigenvalue weighted by atomic mass is 10.3. The van der Waals surface area contributed by atoms with Gasteiger partial charge in [-0.1, -0.05) is 0 Å². The van der Waals surface area contributed by atoms with Crippen molar-refractivity contribution in [3.05, 3.63) is 17.0 Å². The van der Waals surface area contributed by atoms with Crippen molar-refractivity contribution in [3.63, 3.8) is 0 Å². The molecule has 0 spiro atoms. The van der Waals surface area contributed by atoms with E-state index in [0.29, 0.717) is 25.6 Å². The summed E-state index contributed by atoms with van der Waals surface area (Å²) in [5.41, 5.74) is -0.0369. The quantitative estimate of drug-likeness (QED) is 0.738. The Hall–Kier alpha value is -1.49. The second-order valence-electron chi connectivity index (χ2n) is 6.20. The van der Waals surface area contributed by atoms with Crippen molar-refractivity contribution >= 4 is 33.2 Å². The maximum atomic E-state index is 12.6. The van der Waals surface area contributed by atoms with Gasteiger partial charge in [-0.05, 0) is 24.8 Å². The van der Waals surface area contributed by atoms with Gasteiger partial charge in [0, 0.05) is 31.6 Å². The third-order valence-electron chi connectivity index (χ3n) is 4.28. The average Bonchev–Trinajstić information content (AvgIpc) is 3.26. The number of piperazine rings is 1. The van der Waals surface area contributed by atoms with Gasteiger partial charge in [0.1, 0.15) is 10.8 Å². The zero-order chi connectivity index (χ0) is 18.0. The van der Waals surface area contributed by atoms with Gasteiger partial charge in [0.05, 0.1) is 12.2 Å². The van der Waals surface area contributed by atoms with Gasteiger partial charge in [0.2, 0.25) is 5.91 Å². The molecule has 1 N–H and O–H groups in total. The van der Waals surface area contributed by atoms with E-state index in [0.717, 1.165) is 24.2 Å². The first kappa shape index (κ1) is 18.3. The summed E-state index contributed by atoms with van der Waals surface area (Å²) in [4.78, 5) is 24.6. The molecule has 138 valence electrons. The number of aromatic carboxylic acids is 1. The van der Waals surface area contributed by atoms with E-state index in [2.05, 4.69) is 0 Å². The molecule has 1 saturated carbocycles. The molecule has 8 nitrogen and oxygen atoms in total. The third kappa shape index (κ3) is 4.38. The highest BCUT2D eigenvalue weighted by Gasteiger charge is 2.31. The maximum Gasteiger partial charge on any atom is 0.336 e. The van der Waals surface area contributed by atoms with Crippen molar-refractivity contribution in [3.8, 4) is 0 Å². The molecular formula is C15H20N2O6S2. The van der Waals surface area contributed by atoms with Crippen molar-refractivity contribution < 1.29 is 27.9 Å². The number of amides is 1. The summed E-state index contributed by atoms with van der Waals surface area (Å²) >= 11 is 0.894. The predicted octanol–water partition coefficient (Wildman–Crippen LogP) is 0.706. The molecule has 0 bridgehead atoms. The number of carboxylic acids is 1. The van der Waals surface area contributed by atoms with E-state index in [1.165, 1.54) is 15.8 Å². The van der Waals surface area contributed by atoms with Gasteiger partial charge in [-0.25, -0.2) is 13.2 Å². The van der Waals surface area contributed by atoms with Gasteiger partial charge in [0.25, 0.3) is 10.0 Å². The molecule has 2 heterocycles. The fourth-order valence-electron chi connectivity index (χ4n) is 2.56. The lowest BCUT2D eigenvalue weighted by molar-refractivity contribution is -0.137. The van der Waals surface area contributed by atoms with Gasteiger partial charge in [-0.3, -0.25) is 4.79 Å². The lowest BCUT2D eigenvalue weighted by Gasteiger charge is -2.33.